The summed E-state index contributed by atoms with van der Waals surface area (Å²) in [5, 5.41) is 1.37. The van der Waals surface area contributed by atoms with Crippen LogP contribution in [0.5, 0.6) is 5.75 Å². The van der Waals surface area contributed by atoms with Gasteiger partial charge in [0, 0.05) is 24.5 Å². The molecule has 0 saturated heterocycles. The second-order valence-electron chi connectivity index (χ2n) is 4.15. The van der Waals surface area contributed by atoms with Gasteiger partial charge in [0.05, 0.1) is 17.6 Å². The molecule has 0 radical (unpaired) electrons. The van der Waals surface area contributed by atoms with Gasteiger partial charge in [-0.3, -0.25) is 4.79 Å². The molecule has 1 aromatic carbocycles. The number of methoxy groups -OCH3 is 1. The zero-order valence-electron chi connectivity index (χ0n) is 10.6. The molecule has 2 rings (SSSR count). The van der Waals surface area contributed by atoms with Gasteiger partial charge in [-0.25, -0.2) is 0 Å². The fourth-order valence-corrected chi connectivity index (χ4v) is 2.55. The van der Waals surface area contributed by atoms with Crippen LogP contribution in [0.2, 0.25) is 5.02 Å². The summed E-state index contributed by atoms with van der Waals surface area (Å²) in [5.74, 6) is 0.692. The fraction of sp³-hybridized carbons (Fsp3) is 0.308. The molecule has 18 heavy (non-hydrogen) atoms. The number of benzene rings is 1. The number of hydrogen-bond donors (Lipinski definition) is 1. The molecule has 0 spiro atoms. The lowest BCUT2D eigenvalue weighted by Crippen LogP contribution is -2.25. The second-order valence-corrected chi connectivity index (χ2v) is 4.55. The number of pyridine rings is 1. The zero-order valence-corrected chi connectivity index (χ0v) is 11.3. The molecule has 96 valence electrons. The monoisotopic (exact) mass is 266 g/mol. The zero-order chi connectivity index (χ0) is 13.4. The highest BCUT2D eigenvalue weighted by Crippen LogP contribution is 2.33. The molecule has 4 nitrogen and oxygen atoms in total. The maximum atomic E-state index is 12.2. The molecule has 0 aliphatic carbocycles. The van der Waals surface area contributed by atoms with E-state index in [4.69, 9.17) is 22.1 Å². The lowest BCUT2D eigenvalue weighted by atomic mass is 10.0. The van der Waals surface area contributed by atoms with Crippen LogP contribution in [-0.2, 0) is 13.6 Å². The van der Waals surface area contributed by atoms with Crippen LogP contribution in [0.15, 0.2) is 16.9 Å². The Morgan fingerprint density at radius 3 is 2.67 bits per heavy atom. The Morgan fingerprint density at radius 1 is 1.44 bits per heavy atom. The summed E-state index contributed by atoms with van der Waals surface area (Å²) in [6, 6.07) is 3.52. The number of aryl methyl sites for hydroxylation is 2. The van der Waals surface area contributed by atoms with Gasteiger partial charge in [-0.2, -0.15) is 0 Å². The van der Waals surface area contributed by atoms with E-state index >= 15 is 0 Å². The van der Waals surface area contributed by atoms with Gasteiger partial charge >= 0.3 is 0 Å². The lowest BCUT2D eigenvalue weighted by Gasteiger charge is -2.15. The Kier molecular flexibility index (Phi) is 3.32. The highest BCUT2D eigenvalue weighted by atomic mass is 35.5. The predicted molar refractivity (Wildman–Crippen MR) is 73.4 cm³/mol. The van der Waals surface area contributed by atoms with Crippen LogP contribution >= 0.6 is 11.6 Å². The molecule has 2 aromatic rings. The summed E-state index contributed by atoms with van der Waals surface area (Å²) >= 11 is 6.18. The van der Waals surface area contributed by atoms with Gasteiger partial charge in [-0.05, 0) is 24.6 Å². The van der Waals surface area contributed by atoms with E-state index in [1.54, 1.807) is 26.3 Å². The van der Waals surface area contributed by atoms with Crippen molar-refractivity contribution in [3.8, 4) is 5.75 Å². The number of rotatable bonds is 2. The average molecular weight is 267 g/mol. The maximum absolute atomic E-state index is 12.2. The van der Waals surface area contributed by atoms with E-state index in [9.17, 15) is 4.79 Å². The second kappa shape index (κ2) is 4.63. The Labute approximate surface area is 110 Å². The van der Waals surface area contributed by atoms with Crippen LogP contribution < -0.4 is 16.0 Å². The third-order valence-electron chi connectivity index (χ3n) is 3.24. The van der Waals surface area contributed by atoms with Crippen molar-refractivity contribution in [2.75, 3.05) is 7.11 Å². The van der Waals surface area contributed by atoms with Crippen molar-refractivity contribution in [2.45, 2.75) is 13.5 Å². The molecule has 0 atom stereocenters. The number of aromatic nitrogens is 1. The smallest absolute Gasteiger partial charge is 0.255 e. The van der Waals surface area contributed by atoms with Gasteiger partial charge in [0.2, 0.25) is 0 Å². The van der Waals surface area contributed by atoms with Gasteiger partial charge in [-0.15, -0.1) is 0 Å². The Hall–Kier alpha value is -1.52. The minimum atomic E-state index is -0.113. The first-order chi connectivity index (χ1) is 8.52. The van der Waals surface area contributed by atoms with Crippen molar-refractivity contribution in [3.63, 3.8) is 0 Å². The molecule has 0 saturated carbocycles. The highest BCUT2D eigenvalue weighted by Gasteiger charge is 2.16. The number of ether oxygens (including phenoxy) is 1. The number of nitrogens with zero attached hydrogens (tertiary/aromatic N) is 1. The first kappa shape index (κ1) is 12.9. The Balaban J connectivity index is 3.11. The molecule has 1 aromatic heterocycles. The molecule has 0 amide bonds. The summed E-state index contributed by atoms with van der Waals surface area (Å²) in [5.41, 5.74) is 7.63. The van der Waals surface area contributed by atoms with Gasteiger partial charge in [0.1, 0.15) is 5.75 Å². The summed E-state index contributed by atoms with van der Waals surface area (Å²) < 4.78 is 6.87. The maximum Gasteiger partial charge on any atom is 0.255 e. The van der Waals surface area contributed by atoms with Crippen LogP contribution in [0.3, 0.4) is 0 Å². The van der Waals surface area contributed by atoms with Gasteiger partial charge in [0.15, 0.2) is 0 Å². The van der Waals surface area contributed by atoms with Crippen molar-refractivity contribution < 1.29 is 4.74 Å². The van der Waals surface area contributed by atoms with E-state index in [0.717, 1.165) is 10.9 Å². The summed E-state index contributed by atoms with van der Waals surface area (Å²) in [7, 11) is 3.28. The molecule has 0 aliphatic heterocycles. The Bertz CT molecular complexity index is 677. The van der Waals surface area contributed by atoms with Crippen molar-refractivity contribution in [2.24, 2.45) is 12.8 Å². The number of fused-ring (bicyclic) bond motifs is 1. The first-order valence-electron chi connectivity index (χ1n) is 5.57. The van der Waals surface area contributed by atoms with Crippen LogP contribution in [0.1, 0.15) is 11.1 Å². The highest BCUT2D eigenvalue weighted by molar-refractivity contribution is 6.35. The van der Waals surface area contributed by atoms with Crippen molar-refractivity contribution in [3.05, 3.63) is 38.6 Å². The molecule has 5 heteroatoms. The van der Waals surface area contributed by atoms with Crippen molar-refractivity contribution in [1.82, 2.24) is 4.57 Å². The SMILES string of the molecule is COc1ccc(Cl)c2c1c(C)c(CN)c(=O)n2C. The first-order valence-corrected chi connectivity index (χ1v) is 5.95. The molecular formula is C13H15ClN2O2. The molecule has 1 heterocycles. The van der Waals surface area contributed by atoms with E-state index in [1.807, 2.05) is 6.92 Å². The molecule has 0 fully saturated rings. The predicted octanol–water partition coefficient (Wildman–Crippen LogP) is 1.97. The molecule has 0 aliphatic rings. The van der Waals surface area contributed by atoms with Crippen LogP contribution in [-0.4, -0.2) is 11.7 Å². The van der Waals surface area contributed by atoms with E-state index < -0.39 is 0 Å². The van der Waals surface area contributed by atoms with Gasteiger partial charge in [-0.1, -0.05) is 11.6 Å². The lowest BCUT2D eigenvalue weighted by molar-refractivity contribution is 0.419. The number of nitrogens with two attached hydrogens (primary N) is 1. The average Bonchev–Trinajstić information content (AvgIpc) is 2.36. The van der Waals surface area contributed by atoms with Gasteiger partial charge < -0.3 is 15.0 Å². The van der Waals surface area contributed by atoms with Crippen molar-refractivity contribution >= 4 is 22.5 Å². The third kappa shape index (κ3) is 1.69. The quantitative estimate of drug-likeness (QED) is 0.904. The van der Waals surface area contributed by atoms with Crippen molar-refractivity contribution in [1.29, 1.82) is 0 Å². The summed E-state index contributed by atoms with van der Waals surface area (Å²) in [6.45, 7) is 2.06. The standard InChI is InChI=1S/C13H15ClN2O2/c1-7-8(6-15)13(17)16(2)12-9(14)4-5-10(18-3)11(7)12/h4-5H,6,15H2,1-3H3. The topological polar surface area (TPSA) is 57.2 Å². The summed E-state index contributed by atoms with van der Waals surface area (Å²) in [4.78, 5) is 12.2. The van der Waals surface area contributed by atoms with Crippen LogP contribution in [0.4, 0.5) is 0 Å². The number of halogens is 1. The van der Waals surface area contributed by atoms with E-state index in [-0.39, 0.29) is 12.1 Å². The van der Waals surface area contributed by atoms with Gasteiger partial charge in [0.25, 0.3) is 5.56 Å². The van der Waals surface area contributed by atoms with E-state index in [2.05, 4.69) is 0 Å². The minimum Gasteiger partial charge on any atom is -0.496 e. The van der Waals surface area contributed by atoms with Crippen LogP contribution in [0, 0.1) is 6.92 Å². The molecule has 0 bridgehead atoms. The molecule has 0 unspecified atom stereocenters. The fourth-order valence-electron chi connectivity index (χ4n) is 2.26. The number of hydrogen-bond acceptors (Lipinski definition) is 3. The van der Waals surface area contributed by atoms with E-state index in [1.165, 1.54) is 4.57 Å². The van der Waals surface area contributed by atoms with E-state index in [0.29, 0.717) is 21.9 Å². The normalized spacial score (nSPS) is 10.9. The van der Waals surface area contributed by atoms with Crippen LogP contribution in [0.25, 0.3) is 10.9 Å². The summed E-state index contributed by atoms with van der Waals surface area (Å²) in [6.07, 6.45) is 0. The largest absolute Gasteiger partial charge is 0.496 e. The Morgan fingerprint density at radius 2 is 2.11 bits per heavy atom. The molecular weight excluding hydrogens is 252 g/mol. The third-order valence-corrected chi connectivity index (χ3v) is 3.55. The molecule has 2 N–H and O–H groups in total. The minimum absolute atomic E-state index is 0.113.